The Bertz CT molecular complexity index is 902. The first-order valence-electron chi connectivity index (χ1n) is 10.3. The van der Waals surface area contributed by atoms with Crippen LogP contribution in [0.15, 0.2) is 79.0 Å². The summed E-state index contributed by atoms with van der Waals surface area (Å²) in [5, 5.41) is 3.30. The van der Waals surface area contributed by atoms with Crippen molar-refractivity contribution in [3.63, 3.8) is 0 Å². The number of amides is 1. The molecule has 1 amide bonds. The highest BCUT2D eigenvalue weighted by molar-refractivity contribution is 5.94. The van der Waals surface area contributed by atoms with Crippen molar-refractivity contribution in [2.75, 3.05) is 18.4 Å². The van der Waals surface area contributed by atoms with E-state index in [4.69, 9.17) is 0 Å². The van der Waals surface area contributed by atoms with Crippen LogP contribution in [0.2, 0.25) is 0 Å². The molecule has 3 aromatic rings. The van der Waals surface area contributed by atoms with Gasteiger partial charge in [0.05, 0.1) is 5.56 Å². The van der Waals surface area contributed by atoms with Crippen LogP contribution in [-0.4, -0.2) is 28.9 Å². The largest absolute Gasteiger partial charge is 0.366 e. The highest BCUT2D eigenvalue weighted by Gasteiger charge is 2.24. The van der Waals surface area contributed by atoms with Crippen molar-refractivity contribution in [1.82, 2.24) is 9.88 Å². The highest BCUT2D eigenvalue weighted by Crippen LogP contribution is 2.23. The van der Waals surface area contributed by atoms with Gasteiger partial charge in [0.25, 0.3) is 5.91 Å². The van der Waals surface area contributed by atoms with Crippen molar-refractivity contribution in [1.29, 1.82) is 0 Å². The SMILES string of the molecule is O=C(c1ccc(NCc2ccccc2)nc1)N1CCC(Cc2ccccc2)CC1. The summed E-state index contributed by atoms with van der Waals surface area (Å²) in [4.78, 5) is 19.2. The smallest absolute Gasteiger partial charge is 0.255 e. The third kappa shape index (κ3) is 5.23. The van der Waals surface area contributed by atoms with Crippen LogP contribution in [0.4, 0.5) is 5.82 Å². The maximum atomic E-state index is 12.8. The van der Waals surface area contributed by atoms with Crippen molar-refractivity contribution in [3.05, 3.63) is 95.7 Å². The average Bonchev–Trinajstić information content (AvgIpc) is 2.79. The second kappa shape index (κ2) is 9.37. The van der Waals surface area contributed by atoms with Gasteiger partial charge in [-0.1, -0.05) is 60.7 Å². The summed E-state index contributed by atoms with van der Waals surface area (Å²) >= 11 is 0. The molecule has 4 nitrogen and oxygen atoms in total. The van der Waals surface area contributed by atoms with Crippen LogP contribution in [0.3, 0.4) is 0 Å². The number of rotatable bonds is 6. The molecule has 1 N–H and O–H groups in total. The number of nitrogens with zero attached hydrogens (tertiary/aromatic N) is 2. The van der Waals surface area contributed by atoms with Crippen LogP contribution in [0, 0.1) is 5.92 Å². The Hall–Kier alpha value is -3.14. The lowest BCUT2D eigenvalue weighted by Crippen LogP contribution is -2.39. The first-order chi connectivity index (χ1) is 14.3. The summed E-state index contributed by atoms with van der Waals surface area (Å²) in [6.07, 6.45) is 4.91. The third-order valence-electron chi connectivity index (χ3n) is 5.60. The molecule has 0 atom stereocenters. The third-order valence-corrected chi connectivity index (χ3v) is 5.60. The lowest BCUT2D eigenvalue weighted by molar-refractivity contribution is 0.0690. The monoisotopic (exact) mass is 385 g/mol. The molecule has 2 aromatic carbocycles. The summed E-state index contributed by atoms with van der Waals surface area (Å²) < 4.78 is 0. The number of pyridine rings is 1. The molecule has 1 aliphatic rings. The predicted octanol–water partition coefficient (Wildman–Crippen LogP) is 4.79. The average molecular weight is 386 g/mol. The van der Waals surface area contributed by atoms with E-state index in [9.17, 15) is 4.79 Å². The molecule has 2 heterocycles. The zero-order chi connectivity index (χ0) is 19.9. The molecule has 0 radical (unpaired) electrons. The summed E-state index contributed by atoms with van der Waals surface area (Å²) in [6, 6.07) is 24.6. The molecule has 148 valence electrons. The van der Waals surface area contributed by atoms with Gasteiger partial charge in [0.2, 0.25) is 0 Å². The molecule has 0 bridgehead atoms. The summed E-state index contributed by atoms with van der Waals surface area (Å²) in [7, 11) is 0. The molecule has 1 fully saturated rings. The van der Waals surface area contributed by atoms with Crippen molar-refractivity contribution in [2.24, 2.45) is 5.92 Å². The Morgan fingerprint density at radius 3 is 2.17 bits per heavy atom. The second-order valence-electron chi connectivity index (χ2n) is 7.70. The number of likely N-dealkylation sites (tertiary alicyclic amines) is 1. The number of aromatic nitrogens is 1. The highest BCUT2D eigenvalue weighted by atomic mass is 16.2. The summed E-state index contributed by atoms with van der Waals surface area (Å²) in [5.41, 5.74) is 3.25. The van der Waals surface area contributed by atoms with E-state index >= 15 is 0 Å². The molecule has 1 saturated heterocycles. The molecular formula is C25H27N3O. The first kappa shape index (κ1) is 19.2. The zero-order valence-electron chi connectivity index (χ0n) is 16.6. The fraction of sp³-hybridized carbons (Fsp3) is 0.280. The van der Waals surface area contributed by atoms with Gasteiger partial charge in [-0.05, 0) is 48.4 Å². The number of carbonyl (C=O) groups is 1. The molecule has 1 aliphatic heterocycles. The number of benzene rings is 2. The van der Waals surface area contributed by atoms with E-state index in [0.29, 0.717) is 11.5 Å². The molecule has 1 aromatic heterocycles. The lowest BCUT2D eigenvalue weighted by Gasteiger charge is -2.32. The van der Waals surface area contributed by atoms with E-state index in [-0.39, 0.29) is 5.91 Å². The lowest BCUT2D eigenvalue weighted by atomic mass is 9.90. The Labute approximate surface area is 172 Å². The van der Waals surface area contributed by atoms with Crippen LogP contribution in [-0.2, 0) is 13.0 Å². The molecule has 29 heavy (non-hydrogen) atoms. The van der Waals surface area contributed by atoms with Crippen LogP contribution in [0.1, 0.15) is 34.3 Å². The van der Waals surface area contributed by atoms with Crippen molar-refractivity contribution in [3.8, 4) is 0 Å². The summed E-state index contributed by atoms with van der Waals surface area (Å²) in [5.74, 6) is 1.53. The van der Waals surface area contributed by atoms with Crippen LogP contribution < -0.4 is 5.32 Å². The number of anilines is 1. The van der Waals surface area contributed by atoms with Gasteiger partial charge in [0.15, 0.2) is 0 Å². The van der Waals surface area contributed by atoms with E-state index < -0.39 is 0 Å². The number of carbonyl (C=O) groups excluding carboxylic acids is 1. The number of piperidine rings is 1. The topological polar surface area (TPSA) is 45.2 Å². The maximum Gasteiger partial charge on any atom is 0.255 e. The molecule has 4 rings (SSSR count). The number of hydrogen-bond donors (Lipinski definition) is 1. The molecular weight excluding hydrogens is 358 g/mol. The zero-order valence-corrected chi connectivity index (χ0v) is 16.6. The van der Waals surface area contributed by atoms with Crippen molar-refractivity contribution < 1.29 is 4.79 Å². The normalized spacial score (nSPS) is 14.6. The van der Waals surface area contributed by atoms with Crippen LogP contribution >= 0.6 is 0 Å². The van der Waals surface area contributed by atoms with E-state index in [0.717, 1.165) is 44.7 Å². The van der Waals surface area contributed by atoms with Gasteiger partial charge < -0.3 is 10.2 Å². The van der Waals surface area contributed by atoms with Gasteiger partial charge in [-0.15, -0.1) is 0 Å². The maximum absolute atomic E-state index is 12.8. The fourth-order valence-corrected chi connectivity index (χ4v) is 3.88. The molecule has 0 spiro atoms. The van der Waals surface area contributed by atoms with Gasteiger partial charge in [-0.3, -0.25) is 4.79 Å². The number of hydrogen-bond acceptors (Lipinski definition) is 3. The molecule has 0 saturated carbocycles. The minimum absolute atomic E-state index is 0.0882. The second-order valence-corrected chi connectivity index (χ2v) is 7.70. The van der Waals surface area contributed by atoms with Crippen LogP contribution in [0.5, 0.6) is 0 Å². The van der Waals surface area contributed by atoms with Gasteiger partial charge in [-0.25, -0.2) is 4.98 Å². The van der Waals surface area contributed by atoms with E-state index in [1.807, 2.05) is 35.2 Å². The molecule has 4 heteroatoms. The minimum atomic E-state index is 0.0882. The van der Waals surface area contributed by atoms with Crippen molar-refractivity contribution in [2.45, 2.75) is 25.8 Å². The Kier molecular flexibility index (Phi) is 6.20. The first-order valence-corrected chi connectivity index (χ1v) is 10.3. The van der Waals surface area contributed by atoms with Gasteiger partial charge >= 0.3 is 0 Å². The van der Waals surface area contributed by atoms with E-state index in [2.05, 4.69) is 52.8 Å². The van der Waals surface area contributed by atoms with Crippen molar-refractivity contribution >= 4 is 11.7 Å². The minimum Gasteiger partial charge on any atom is -0.366 e. The number of nitrogens with one attached hydrogen (secondary N) is 1. The predicted molar refractivity (Wildman–Crippen MR) is 117 cm³/mol. The van der Waals surface area contributed by atoms with E-state index in [1.54, 1.807) is 6.20 Å². The Morgan fingerprint density at radius 2 is 1.55 bits per heavy atom. The van der Waals surface area contributed by atoms with Crippen LogP contribution in [0.25, 0.3) is 0 Å². The Morgan fingerprint density at radius 1 is 0.897 bits per heavy atom. The van der Waals surface area contributed by atoms with E-state index in [1.165, 1.54) is 11.1 Å². The van der Waals surface area contributed by atoms with Gasteiger partial charge in [0, 0.05) is 25.8 Å². The fourth-order valence-electron chi connectivity index (χ4n) is 3.88. The Balaban J connectivity index is 1.27. The standard InChI is InChI=1S/C25H27N3O/c29-25(28-15-13-21(14-16-28)17-20-7-3-1-4-8-20)23-11-12-24(27-19-23)26-18-22-9-5-2-6-10-22/h1-12,19,21H,13-18H2,(H,26,27). The summed E-state index contributed by atoms with van der Waals surface area (Å²) in [6.45, 7) is 2.37. The molecule has 0 unspecified atom stereocenters. The van der Waals surface area contributed by atoms with Gasteiger partial charge in [0.1, 0.15) is 5.82 Å². The molecule has 0 aliphatic carbocycles. The quantitative estimate of drug-likeness (QED) is 0.664. The van der Waals surface area contributed by atoms with Gasteiger partial charge in [-0.2, -0.15) is 0 Å².